The van der Waals surface area contributed by atoms with Gasteiger partial charge in [-0.15, -0.1) is 0 Å². The summed E-state index contributed by atoms with van der Waals surface area (Å²) in [7, 11) is 1.63. The first kappa shape index (κ1) is 16.8. The van der Waals surface area contributed by atoms with Crippen molar-refractivity contribution in [2.75, 3.05) is 0 Å². The Kier molecular flexibility index (Phi) is 4.30. The molecular formula is C19H18BrFN2O. The minimum atomic E-state index is -0.377. The van der Waals surface area contributed by atoms with Crippen LogP contribution in [-0.2, 0) is 7.05 Å². The molecule has 24 heavy (non-hydrogen) atoms. The average molecular weight is 389 g/mol. The van der Waals surface area contributed by atoms with Crippen molar-refractivity contribution in [1.82, 2.24) is 9.55 Å². The Balaban J connectivity index is 2.43. The predicted molar refractivity (Wildman–Crippen MR) is 99.2 cm³/mol. The van der Waals surface area contributed by atoms with E-state index in [0.717, 1.165) is 16.7 Å². The molecule has 0 N–H and O–H groups in total. The number of benzene rings is 2. The van der Waals surface area contributed by atoms with Crippen LogP contribution >= 0.6 is 15.9 Å². The maximum Gasteiger partial charge on any atom is 0.261 e. The Labute approximate surface area is 148 Å². The fourth-order valence-corrected chi connectivity index (χ4v) is 3.25. The first-order valence-corrected chi connectivity index (χ1v) is 8.63. The van der Waals surface area contributed by atoms with Gasteiger partial charge in [0.05, 0.1) is 16.5 Å². The normalized spacial score (nSPS) is 12.6. The Bertz CT molecular complexity index is 1010. The molecule has 0 saturated heterocycles. The molecule has 0 bridgehead atoms. The molecule has 0 aliphatic heterocycles. The molecular weight excluding hydrogens is 371 g/mol. The summed E-state index contributed by atoms with van der Waals surface area (Å²) in [5, 5.41) is 0.551. The van der Waals surface area contributed by atoms with Gasteiger partial charge in [0.25, 0.3) is 5.56 Å². The Hall–Kier alpha value is -2.01. The first-order valence-electron chi connectivity index (χ1n) is 7.71. The molecule has 1 unspecified atom stereocenters. The van der Waals surface area contributed by atoms with E-state index in [-0.39, 0.29) is 16.2 Å². The van der Waals surface area contributed by atoms with Gasteiger partial charge in [0, 0.05) is 11.9 Å². The van der Waals surface area contributed by atoms with Gasteiger partial charge in [0.2, 0.25) is 0 Å². The lowest BCUT2D eigenvalue weighted by atomic mass is 10.0. The summed E-state index contributed by atoms with van der Waals surface area (Å²) < 4.78 is 15.8. The molecule has 3 rings (SSSR count). The standard InChI is InChI=1S/C19H18BrFN2O/c1-10-5-6-13(16(21)9-10)18-22-17-14(12(3)20)7-11(2)8-15(17)19(24)23(18)4/h5-9,12H,1-4H3. The zero-order valence-electron chi connectivity index (χ0n) is 14.0. The highest BCUT2D eigenvalue weighted by molar-refractivity contribution is 9.09. The number of nitrogens with zero attached hydrogens (tertiary/aromatic N) is 2. The van der Waals surface area contributed by atoms with Gasteiger partial charge in [-0.2, -0.15) is 0 Å². The molecule has 0 aliphatic rings. The van der Waals surface area contributed by atoms with Crippen LogP contribution in [0.5, 0.6) is 0 Å². The van der Waals surface area contributed by atoms with E-state index >= 15 is 0 Å². The molecule has 1 atom stereocenters. The summed E-state index contributed by atoms with van der Waals surface area (Å²) in [6.07, 6.45) is 0. The molecule has 124 valence electrons. The largest absolute Gasteiger partial charge is 0.295 e. The first-order chi connectivity index (χ1) is 11.3. The summed E-state index contributed by atoms with van der Waals surface area (Å²) in [5.41, 5.74) is 3.52. The van der Waals surface area contributed by atoms with Crippen molar-refractivity contribution in [2.24, 2.45) is 7.05 Å². The van der Waals surface area contributed by atoms with E-state index in [0.29, 0.717) is 22.3 Å². The third-order valence-electron chi connectivity index (χ3n) is 4.15. The lowest BCUT2D eigenvalue weighted by molar-refractivity contribution is 0.626. The average Bonchev–Trinajstić information content (AvgIpc) is 2.51. The second-order valence-electron chi connectivity index (χ2n) is 6.15. The summed E-state index contributed by atoms with van der Waals surface area (Å²) in [6, 6.07) is 8.78. The van der Waals surface area contributed by atoms with E-state index in [2.05, 4.69) is 20.9 Å². The van der Waals surface area contributed by atoms with Crippen molar-refractivity contribution in [3.8, 4) is 11.4 Å². The molecule has 0 spiro atoms. The highest BCUT2D eigenvalue weighted by atomic mass is 79.9. The second kappa shape index (κ2) is 6.13. The van der Waals surface area contributed by atoms with E-state index < -0.39 is 0 Å². The van der Waals surface area contributed by atoms with Crippen molar-refractivity contribution >= 4 is 26.8 Å². The van der Waals surface area contributed by atoms with Gasteiger partial charge in [-0.25, -0.2) is 9.37 Å². The van der Waals surface area contributed by atoms with Gasteiger partial charge in [-0.3, -0.25) is 9.36 Å². The number of fused-ring (bicyclic) bond motifs is 1. The number of hydrogen-bond donors (Lipinski definition) is 0. The molecule has 1 heterocycles. The summed E-state index contributed by atoms with van der Waals surface area (Å²) in [6.45, 7) is 5.76. The van der Waals surface area contributed by atoms with E-state index in [1.54, 1.807) is 13.1 Å². The van der Waals surface area contributed by atoms with Crippen LogP contribution in [0, 0.1) is 19.7 Å². The van der Waals surface area contributed by atoms with Gasteiger partial charge >= 0.3 is 0 Å². The Morgan fingerprint density at radius 2 is 1.88 bits per heavy atom. The maximum atomic E-state index is 14.4. The number of hydrogen-bond acceptors (Lipinski definition) is 2. The van der Waals surface area contributed by atoms with E-state index in [9.17, 15) is 9.18 Å². The lowest BCUT2D eigenvalue weighted by Crippen LogP contribution is -2.21. The molecule has 0 saturated carbocycles. The van der Waals surface area contributed by atoms with Gasteiger partial charge < -0.3 is 0 Å². The number of aromatic nitrogens is 2. The molecule has 3 aromatic rings. The SMILES string of the molecule is Cc1ccc(-c2nc3c(C(C)Br)cc(C)cc3c(=O)n2C)c(F)c1. The fraction of sp³-hybridized carbons (Fsp3) is 0.263. The topological polar surface area (TPSA) is 34.9 Å². The molecule has 0 aliphatic carbocycles. The number of aryl methyl sites for hydroxylation is 2. The summed E-state index contributed by atoms with van der Waals surface area (Å²) in [5.74, 6) is -0.0411. The van der Waals surface area contributed by atoms with Gasteiger partial charge in [0.1, 0.15) is 11.6 Å². The van der Waals surface area contributed by atoms with Crippen LogP contribution in [0.4, 0.5) is 4.39 Å². The smallest absolute Gasteiger partial charge is 0.261 e. The van der Waals surface area contributed by atoms with Crippen LogP contribution in [0.3, 0.4) is 0 Å². The monoisotopic (exact) mass is 388 g/mol. The van der Waals surface area contributed by atoms with Crippen molar-refractivity contribution in [3.63, 3.8) is 0 Å². The molecule has 0 fully saturated rings. The van der Waals surface area contributed by atoms with Crippen LogP contribution in [0.2, 0.25) is 0 Å². The van der Waals surface area contributed by atoms with Gasteiger partial charge in [0.15, 0.2) is 0 Å². The fourth-order valence-electron chi connectivity index (χ4n) is 2.90. The van der Waals surface area contributed by atoms with Crippen LogP contribution in [0.1, 0.15) is 28.4 Å². The third-order valence-corrected chi connectivity index (χ3v) is 4.64. The Morgan fingerprint density at radius 3 is 2.50 bits per heavy atom. The van der Waals surface area contributed by atoms with E-state index in [4.69, 9.17) is 0 Å². The zero-order chi connectivity index (χ0) is 17.6. The van der Waals surface area contributed by atoms with Crippen LogP contribution < -0.4 is 5.56 Å². The number of alkyl halides is 1. The molecule has 0 radical (unpaired) electrons. The number of halogens is 2. The van der Waals surface area contributed by atoms with Crippen molar-refractivity contribution in [1.29, 1.82) is 0 Å². The molecule has 0 amide bonds. The van der Waals surface area contributed by atoms with Crippen LogP contribution in [-0.4, -0.2) is 9.55 Å². The maximum absolute atomic E-state index is 14.4. The van der Waals surface area contributed by atoms with Crippen LogP contribution in [0.15, 0.2) is 35.1 Å². The lowest BCUT2D eigenvalue weighted by Gasteiger charge is -2.14. The third kappa shape index (κ3) is 2.77. The molecule has 1 aromatic heterocycles. The highest BCUT2D eigenvalue weighted by Crippen LogP contribution is 2.30. The molecule has 5 heteroatoms. The molecule has 3 nitrogen and oxygen atoms in total. The number of rotatable bonds is 2. The van der Waals surface area contributed by atoms with Crippen molar-refractivity contribution < 1.29 is 4.39 Å². The van der Waals surface area contributed by atoms with Gasteiger partial charge in [-0.05, 0) is 55.7 Å². The van der Waals surface area contributed by atoms with Crippen molar-refractivity contribution in [2.45, 2.75) is 25.6 Å². The minimum Gasteiger partial charge on any atom is -0.295 e. The quantitative estimate of drug-likeness (QED) is 0.590. The Morgan fingerprint density at radius 1 is 1.17 bits per heavy atom. The zero-order valence-corrected chi connectivity index (χ0v) is 15.6. The minimum absolute atomic E-state index is 0.0372. The van der Waals surface area contributed by atoms with Crippen LogP contribution in [0.25, 0.3) is 22.3 Å². The predicted octanol–water partition coefficient (Wildman–Crippen LogP) is 4.81. The summed E-state index contributed by atoms with van der Waals surface area (Å²) in [4.78, 5) is 17.5. The second-order valence-corrected chi connectivity index (χ2v) is 7.52. The van der Waals surface area contributed by atoms with E-state index in [1.165, 1.54) is 10.6 Å². The summed E-state index contributed by atoms with van der Waals surface area (Å²) >= 11 is 3.56. The van der Waals surface area contributed by atoms with E-state index in [1.807, 2.05) is 39.0 Å². The van der Waals surface area contributed by atoms with Gasteiger partial charge in [-0.1, -0.05) is 28.1 Å². The van der Waals surface area contributed by atoms with Crippen molar-refractivity contribution in [3.05, 3.63) is 63.2 Å². The highest BCUT2D eigenvalue weighted by Gasteiger charge is 2.17. The molecule has 2 aromatic carbocycles.